The molecule has 1 heterocycles. The van der Waals surface area contributed by atoms with Gasteiger partial charge < -0.3 is 14.5 Å². The van der Waals surface area contributed by atoms with Crippen LogP contribution >= 0.6 is 0 Å². The molecule has 1 aromatic carbocycles. The van der Waals surface area contributed by atoms with Crippen molar-refractivity contribution < 1.29 is 13.9 Å². The number of amides is 1. The molecule has 130 valence electrons. The molecule has 0 saturated carbocycles. The van der Waals surface area contributed by atoms with Crippen molar-refractivity contribution in [2.75, 3.05) is 7.11 Å². The molecule has 0 spiro atoms. The minimum Gasteiger partial charge on any atom is -0.497 e. The van der Waals surface area contributed by atoms with Gasteiger partial charge in [0.05, 0.1) is 7.11 Å². The molecule has 0 unspecified atom stereocenters. The van der Waals surface area contributed by atoms with Crippen molar-refractivity contribution in [3.8, 4) is 5.75 Å². The smallest absolute Gasteiger partial charge is 0.349 e. The van der Waals surface area contributed by atoms with Gasteiger partial charge in [0.25, 0.3) is 5.91 Å². The maximum absolute atomic E-state index is 12.6. The van der Waals surface area contributed by atoms with Gasteiger partial charge in [0.1, 0.15) is 16.9 Å². The summed E-state index contributed by atoms with van der Waals surface area (Å²) >= 11 is 0. The van der Waals surface area contributed by atoms with E-state index in [9.17, 15) is 9.59 Å². The first-order valence-corrected chi connectivity index (χ1v) is 7.95. The maximum atomic E-state index is 12.6. The Morgan fingerprint density at radius 1 is 1.17 bits per heavy atom. The van der Waals surface area contributed by atoms with Crippen molar-refractivity contribution in [3.63, 3.8) is 0 Å². The van der Waals surface area contributed by atoms with Crippen LogP contribution in [0.4, 0.5) is 0 Å². The van der Waals surface area contributed by atoms with Crippen LogP contribution in [0.25, 0.3) is 11.0 Å². The van der Waals surface area contributed by atoms with Crippen molar-refractivity contribution in [1.29, 1.82) is 0 Å². The van der Waals surface area contributed by atoms with E-state index in [1.807, 2.05) is 13.8 Å². The Balaban J connectivity index is 2.35. The molecule has 0 bridgehead atoms. The predicted molar refractivity (Wildman–Crippen MR) is 94.7 cm³/mol. The first-order chi connectivity index (χ1) is 11.0. The topological polar surface area (TPSA) is 68.5 Å². The highest BCUT2D eigenvalue weighted by molar-refractivity contribution is 5.97. The highest BCUT2D eigenvalue weighted by atomic mass is 16.5. The normalized spacial score (nSPS) is 12.2. The van der Waals surface area contributed by atoms with E-state index in [1.54, 1.807) is 31.4 Å². The Morgan fingerprint density at radius 2 is 1.83 bits per heavy atom. The molecule has 5 nitrogen and oxygen atoms in total. The number of fused-ring (bicyclic) bond motifs is 1. The van der Waals surface area contributed by atoms with Crippen LogP contribution in [-0.2, 0) is 0 Å². The first kappa shape index (κ1) is 18.0. The molecular formula is C19H25NO4. The van der Waals surface area contributed by atoms with E-state index < -0.39 is 17.1 Å². The Labute approximate surface area is 142 Å². The molecule has 0 aliphatic carbocycles. The van der Waals surface area contributed by atoms with Crippen molar-refractivity contribution in [3.05, 3.63) is 40.2 Å². The van der Waals surface area contributed by atoms with Crippen LogP contribution in [0, 0.1) is 5.41 Å². The highest BCUT2D eigenvalue weighted by Gasteiger charge is 2.28. The van der Waals surface area contributed by atoms with Gasteiger partial charge in [-0.2, -0.15) is 0 Å². The molecule has 0 atom stereocenters. The Bertz CT molecular complexity index is 812. The number of hydrogen-bond acceptors (Lipinski definition) is 4. The average Bonchev–Trinajstić information content (AvgIpc) is 2.42. The fourth-order valence-electron chi connectivity index (χ4n) is 3.13. The molecule has 0 aliphatic rings. The fourth-order valence-corrected chi connectivity index (χ4v) is 3.13. The van der Waals surface area contributed by atoms with Gasteiger partial charge in [0, 0.05) is 10.9 Å². The van der Waals surface area contributed by atoms with Gasteiger partial charge in [-0.05, 0) is 49.9 Å². The summed E-state index contributed by atoms with van der Waals surface area (Å²) in [5, 5.41) is 3.58. The summed E-state index contributed by atoms with van der Waals surface area (Å²) in [4.78, 5) is 24.7. The van der Waals surface area contributed by atoms with E-state index in [-0.39, 0.29) is 11.0 Å². The van der Waals surface area contributed by atoms with Gasteiger partial charge in [-0.15, -0.1) is 0 Å². The zero-order valence-corrected chi connectivity index (χ0v) is 15.1. The van der Waals surface area contributed by atoms with Gasteiger partial charge >= 0.3 is 5.63 Å². The van der Waals surface area contributed by atoms with E-state index in [1.165, 1.54) is 0 Å². The largest absolute Gasteiger partial charge is 0.497 e. The summed E-state index contributed by atoms with van der Waals surface area (Å²) in [5.41, 5.74) is -0.607. The molecule has 1 aromatic heterocycles. The molecule has 0 aliphatic heterocycles. The zero-order valence-electron chi connectivity index (χ0n) is 15.1. The minimum absolute atomic E-state index is 0.00210. The summed E-state index contributed by atoms with van der Waals surface area (Å²) in [5.74, 6) is 0.207. The second kappa shape index (κ2) is 6.30. The van der Waals surface area contributed by atoms with Crippen molar-refractivity contribution in [2.45, 2.75) is 46.6 Å². The monoisotopic (exact) mass is 331 g/mol. The Kier molecular flexibility index (Phi) is 4.74. The lowest BCUT2D eigenvalue weighted by Crippen LogP contribution is -2.46. The second-order valence-corrected chi connectivity index (χ2v) is 7.93. The van der Waals surface area contributed by atoms with Gasteiger partial charge in [-0.3, -0.25) is 4.79 Å². The molecule has 2 aromatic rings. The SMILES string of the molecule is COc1ccc2oc(=O)c(C(=O)NC(C)(C)CC(C)(C)C)cc2c1. The molecule has 1 N–H and O–H groups in total. The third-order valence-electron chi connectivity index (χ3n) is 3.61. The van der Waals surface area contributed by atoms with Crippen LogP contribution < -0.4 is 15.7 Å². The summed E-state index contributed by atoms with van der Waals surface area (Å²) in [6.45, 7) is 10.2. The molecule has 5 heteroatoms. The number of carbonyl (C=O) groups is 1. The van der Waals surface area contributed by atoms with Gasteiger partial charge in [-0.1, -0.05) is 20.8 Å². The third-order valence-corrected chi connectivity index (χ3v) is 3.61. The molecule has 0 radical (unpaired) electrons. The number of rotatable bonds is 4. The number of methoxy groups -OCH3 is 1. The predicted octanol–water partition coefficient (Wildman–Crippen LogP) is 3.75. The van der Waals surface area contributed by atoms with Crippen molar-refractivity contribution in [1.82, 2.24) is 5.32 Å². The molecule has 0 fully saturated rings. The lowest BCUT2D eigenvalue weighted by Gasteiger charge is -2.33. The standard InChI is InChI=1S/C19H25NO4/c1-18(2,3)11-19(4,5)20-16(21)14-10-12-9-13(23-6)7-8-15(12)24-17(14)22/h7-10H,11H2,1-6H3,(H,20,21). The number of carbonyl (C=O) groups excluding carboxylic acids is 1. The quantitative estimate of drug-likeness (QED) is 0.867. The number of ether oxygens (including phenoxy) is 1. The zero-order chi connectivity index (χ0) is 18.1. The molecule has 1 amide bonds. The van der Waals surface area contributed by atoms with Gasteiger partial charge in [0.15, 0.2) is 0 Å². The van der Waals surface area contributed by atoms with Crippen LogP contribution in [0.2, 0.25) is 0 Å². The Hall–Kier alpha value is -2.30. The van der Waals surface area contributed by atoms with Crippen LogP contribution in [0.15, 0.2) is 33.5 Å². The summed E-state index contributed by atoms with van der Waals surface area (Å²) < 4.78 is 10.4. The highest BCUT2D eigenvalue weighted by Crippen LogP contribution is 2.27. The Morgan fingerprint density at radius 3 is 2.42 bits per heavy atom. The summed E-state index contributed by atoms with van der Waals surface area (Å²) in [6.07, 6.45) is 0.776. The van der Waals surface area contributed by atoms with Crippen LogP contribution in [0.5, 0.6) is 5.75 Å². The maximum Gasteiger partial charge on any atom is 0.349 e. The van der Waals surface area contributed by atoms with E-state index in [2.05, 4.69) is 26.1 Å². The van der Waals surface area contributed by atoms with Crippen LogP contribution in [0.1, 0.15) is 51.4 Å². The number of hydrogen-bond donors (Lipinski definition) is 1. The lowest BCUT2D eigenvalue weighted by atomic mass is 9.81. The molecule has 2 rings (SSSR count). The van der Waals surface area contributed by atoms with Crippen LogP contribution in [-0.4, -0.2) is 18.6 Å². The number of benzene rings is 1. The molecule has 0 saturated heterocycles. The second-order valence-electron chi connectivity index (χ2n) is 7.93. The van der Waals surface area contributed by atoms with E-state index in [0.717, 1.165) is 6.42 Å². The minimum atomic E-state index is -0.642. The van der Waals surface area contributed by atoms with Crippen LogP contribution in [0.3, 0.4) is 0 Å². The molecular weight excluding hydrogens is 306 g/mol. The third kappa shape index (κ3) is 4.37. The van der Waals surface area contributed by atoms with Crippen molar-refractivity contribution >= 4 is 16.9 Å². The fraction of sp³-hybridized carbons (Fsp3) is 0.474. The first-order valence-electron chi connectivity index (χ1n) is 7.95. The molecule has 24 heavy (non-hydrogen) atoms. The van der Waals surface area contributed by atoms with E-state index in [0.29, 0.717) is 16.7 Å². The van der Waals surface area contributed by atoms with Gasteiger partial charge in [-0.25, -0.2) is 4.79 Å². The van der Waals surface area contributed by atoms with Crippen molar-refractivity contribution in [2.24, 2.45) is 5.41 Å². The summed E-state index contributed by atoms with van der Waals surface area (Å²) in [7, 11) is 1.56. The van der Waals surface area contributed by atoms with Gasteiger partial charge in [0.2, 0.25) is 0 Å². The number of nitrogens with one attached hydrogen (secondary N) is 1. The summed E-state index contributed by atoms with van der Waals surface area (Å²) in [6, 6.07) is 6.64. The average molecular weight is 331 g/mol. The lowest BCUT2D eigenvalue weighted by molar-refractivity contribution is 0.0888. The van der Waals surface area contributed by atoms with E-state index >= 15 is 0 Å². The van der Waals surface area contributed by atoms with E-state index in [4.69, 9.17) is 9.15 Å².